The molecule has 0 aliphatic rings. The van der Waals surface area contributed by atoms with Gasteiger partial charge in [0.15, 0.2) is 12.6 Å². The lowest BCUT2D eigenvalue weighted by Crippen LogP contribution is -2.39. The first-order valence-electron chi connectivity index (χ1n) is 9.50. The Morgan fingerprint density at radius 1 is 1.24 bits per heavy atom. The molecule has 0 atom stereocenters. The van der Waals surface area contributed by atoms with Crippen LogP contribution in [-0.4, -0.2) is 46.6 Å². The standard InChI is InChI=1S/C19H27F3N6O/c1-4-17-27-26-13-28(17)9-8-24-18(23-5-2)25-11-15-7-6-14(3)10-16(15)29-12-19(20,21)22/h6-7,10,13H,4-5,8-9,11-12H2,1-3H3,(H2,23,24,25). The van der Waals surface area contributed by atoms with Crippen molar-refractivity contribution in [2.24, 2.45) is 4.99 Å². The average molecular weight is 412 g/mol. The van der Waals surface area contributed by atoms with E-state index in [1.165, 1.54) is 0 Å². The van der Waals surface area contributed by atoms with Crippen LogP contribution in [0.2, 0.25) is 0 Å². The van der Waals surface area contributed by atoms with Gasteiger partial charge in [-0.05, 0) is 25.5 Å². The second-order valence-corrected chi connectivity index (χ2v) is 6.43. The summed E-state index contributed by atoms with van der Waals surface area (Å²) in [6.07, 6.45) is -1.91. The van der Waals surface area contributed by atoms with Crippen molar-refractivity contribution >= 4 is 5.96 Å². The summed E-state index contributed by atoms with van der Waals surface area (Å²) in [6, 6.07) is 5.15. The molecule has 0 saturated heterocycles. The zero-order valence-electron chi connectivity index (χ0n) is 16.9. The van der Waals surface area contributed by atoms with E-state index in [2.05, 4.69) is 25.8 Å². The molecule has 160 valence electrons. The molecule has 0 radical (unpaired) electrons. The number of hydrogen-bond donors (Lipinski definition) is 2. The largest absolute Gasteiger partial charge is 0.484 e. The third-order valence-electron chi connectivity index (χ3n) is 4.02. The van der Waals surface area contributed by atoms with Gasteiger partial charge in [0, 0.05) is 31.6 Å². The number of alkyl halides is 3. The van der Waals surface area contributed by atoms with Crippen LogP contribution in [0, 0.1) is 6.92 Å². The second kappa shape index (κ2) is 10.7. The fraction of sp³-hybridized carbons (Fsp3) is 0.526. The molecule has 2 rings (SSSR count). The quantitative estimate of drug-likeness (QED) is 0.489. The number of guanidine groups is 1. The highest BCUT2D eigenvalue weighted by atomic mass is 19.4. The number of nitrogens with zero attached hydrogens (tertiary/aromatic N) is 4. The van der Waals surface area contributed by atoms with Crippen LogP contribution in [0.4, 0.5) is 13.2 Å². The maximum absolute atomic E-state index is 12.5. The van der Waals surface area contributed by atoms with E-state index < -0.39 is 12.8 Å². The zero-order chi connectivity index (χ0) is 21.3. The van der Waals surface area contributed by atoms with Gasteiger partial charge in [0.2, 0.25) is 0 Å². The maximum atomic E-state index is 12.5. The van der Waals surface area contributed by atoms with E-state index in [9.17, 15) is 13.2 Å². The topological polar surface area (TPSA) is 76.4 Å². The van der Waals surface area contributed by atoms with Gasteiger partial charge in [0.25, 0.3) is 0 Å². The summed E-state index contributed by atoms with van der Waals surface area (Å²) in [7, 11) is 0. The fourth-order valence-electron chi connectivity index (χ4n) is 2.63. The number of ether oxygens (including phenoxy) is 1. The Bertz CT molecular complexity index is 803. The van der Waals surface area contributed by atoms with E-state index in [-0.39, 0.29) is 12.3 Å². The van der Waals surface area contributed by atoms with Crippen LogP contribution in [0.5, 0.6) is 5.75 Å². The molecular weight excluding hydrogens is 385 g/mol. The Morgan fingerprint density at radius 3 is 2.72 bits per heavy atom. The van der Waals surface area contributed by atoms with Crippen molar-refractivity contribution in [3.8, 4) is 5.75 Å². The molecule has 29 heavy (non-hydrogen) atoms. The molecule has 0 bridgehead atoms. The predicted molar refractivity (Wildman–Crippen MR) is 105 cm³/mol. The van der Waals surface area contributed by atoms with Gasteiger partial charge in [-0.15, -0.1) is 10.2 Å². The Morgan fingerprint density at radius 2 is 2.03 bits per heavy atom. The minimum atomic E-state index is -4.39. The first kappa shape index (κ1) is 22.5. The van der Waals surface area contributed by atoms with Crippen LogP contribution >= 0.6 is 0 Å². The molecule has 0 fully saturated rings. The molecule has 10 heteroatoms. The molecule has 1 aromatic carbocycles. The Balaban J connectivity index is 2.01. The van der Waals surface area contributed by atoms with Gasteiger partial charge in [-0.1, -0.05) is 19.1 Å². The third kappa shape index (κ3) is 7.63. The second-order valence-electron chi connectivity index (χ2n) is 6.43. The molecular formula is C19H27F3N6O. The Labute approximate surface area is 168 Å². The molecule has 7 nitrogen and oxygen atoms in total. The van der Waals surface area contributed by atoms with E-state index >= 15 is 0 Å². The van der Waals surface area contributed by atoms with Crippen LogP contribution in [0.15, 0.2) is 29.5 Å². The molecule has 0 unspecified atom stereocenters. The lowest BCUT2D eigenvalue weighted by molar-refractivity contribution is -0.153. The number of aliphatic imine (C=N–C) groups is 1. The van der Waals surface area contributed by atoms with Crippen LogP contribution in [0.1, 0.15) is 30.8 Å². The summed E-state index contributed by atoms with van der Waals surface area (Å²) in [5.74, 6) is 1.67. The van der Waals surface area contributed by atoms with Crippen LogP contribution in [0.3, 0.4) is 0 Å². The van der Waals surface area contributed by atoms with Crippen molar-refractivity contribution in [2.45, 2.75) is 46.5 Å². The summed E-state index contributed by atoms with van der Waals surface area (Å²) in [6.45, 7) is 6.54. The summed E-state index contributed by atoms with van der Waals surface area (Å²) < 4.78 is 44.5. The fourth-order valence-corrected chi connectivity index (χ4v) is 2.63. The minimum Gasteiger partial charge on any atom is -0.484 e. The molecule has 0 saturated carbocycles. The smallest absolute Gasteiger partial charge is 0.422 e. The molecule has 0 aliphatic heterocycles. The van der Waals surface area contributed by atoms with Gasteiger partial charge in [0.05, 0.1) is 6.54 Å². The third-order valence-corrected chi connectivity index (χ3v) is 4.02. The predicted octanol–water partition coefficient (Wildman–Crippen LogP) is 2.85. The average Bonchev–Trinajstić information content (AvgIpc) is 3.12. The molecule has 1 heterocycles. The van der Waals surface area contributed by atoms with E-state index in [0.29, 0.717) is 31.2 Å². The van der Waals surface area contributed by atoms with Crippen molar-refractivity contribution in [3.63, 3.8) is 0 Å². The minimum absolute atomic E-state index is 0.190. The van der Waals surface area contributed by atoms with Crippen molar-refractivity contribution in [1.82, 2.24) is 25.4 Å². The molecule has 0 spiro atoms. The highest BCUT2D eigenvalue weighted by Gasteiger charge is 2.28. The number of nitrogens with one attached hydrogen (secondary N) is 2. The maximum Gasteiger partial charge on any atom is 0.422 e. The van der Waals surface area contributed by atoms with Gasteiger partial charge in [0.1, 0.15) is 17.9 Å². The molecule has 2 aromatic rings. The van der Waals surface area contributed by atoms with Crippen molar-refractivity contribution in [1.29, 1.82) is 0 Å². The van der Waals surface area contributed by atoms with Crippen molar-refractivity contribution in [3.05, 3.63) is 41.5 Å². The summed E-state index contributed by atoms with van der Waals surface area (Å²) in [4.78, 5) is 4.47. The molecule has 2 N–H and O–H groups in total. The first-order valence-corrected chi connectivity index (χ1v) is 9.50. The highest BCUT2D eigenvalue weighted by molar-refractivity contribution is 5.79. The Kier molecular flexibility index (Phi) is 8.29. The van der Waals surface area contributed by atoms with Crippen LogP contribution in [-0.2, 0) is 19.5 Å². The Hall–Kier alpha value is -2.78. The highest BCUT2D eigenvalue weighted by Crippen LogP contribution is 2.24. The van der Waals surface area contributed by atoms with Gasteiger partial charge in [-0.3, -0.25) is 0 Å². The SMILES string of the molecule is CCNC(=NCc1ccc(C)cc1OCC(F)(F)F)NCCn1cnnc1CC. The summed E-state index contributed by atoms with van der Waals surface area (Å²) in [5, 5.41) is 14.3. The molecule has 0 aliphatic carbocycles. The first-order chi connectivity index (χ1) is 13.8. The van der Waals surface area contributed by atoms with Crippen molar-refractivity contribution in [2.75, 3.05) is 19.7 Å². The molecule has 1 aromatic heterocycles. The summed E-state index contributed by atoms with van der Waals surface area (Å²) in [5.41, 5.74) is 1.41. The monoisotopic (exact) mass is 412 g/mol. The van der Waals surface area contributed by atoms with E-state index in [0.717, 1.165) is 17.8 Å². The lowest BCUT2D eigenvalue weighted by Gasteiger charge is -2.15. The molecule has 0 amide bonds. The van der Waals surface area contributed by atoms with Crippen molar-refractivity contribution < 1.29 is 17.9 Å². The number of hydrogen-bond acceptors (Lipinski definition) is 4. The number of aryl methyl sites for hydroxylation is 2. The normalized spacial score (nSPS) is 12.1. The summed E-state index contributed by atoms with van der Waals surface area (Å²) >= 11 is 0. The van der Waals surface area contributed by atoms with E-state index in [4.69, 9.17) is 4.74 Å². The zero-order valence-corrected chi connectivity index (χ0v) is 16.9. The van der Waals surface area contributed by atoms with Gasteiger partial charge in [-0.2, -0.15) is 13.2 Å². The van der Waals surface area contributed by atoms with E-state index in [1.54, 1.807) is 25.4 Å². The van der Waals surface area contributed by atoms with Crippen LogP contribution in [0.25, 0.3) is 0 Å². The number of rotatable bonds is 9. The lowest BCUT2D eigenvalue weighted by atomic mass is 10.1. The van der Waals surface area contributed by atoms with Gasteiger partial charge >= 0.3 is 6.18 Å². The number of halogens is 3. The number of aromatic nitrogens is 3. The van der Waals surface area contributed by atoms with Gasteiger partial charge in [-0.25, -0.2) is 4.99 Å². The van der Waals surface area contributed by atoms with Crippen LogP contribution < -0.4 is 15.4 Å². The van der Waals surface area contributed by atoms with E-state index in [1.807, 2.05) is 24.5 Å². The number of benzene rings is 1. The van der Waals surface area contributed by atoms with Gasteiger partial charge < -0.3 is 19.9 Å².